The van der Waals surface area contributed by atoms with Crippen LogP contribution in [0.3, 0.4) is 0 Å². The van der Waals surface area contributed by atoms with E-state index in [0.29, 0.717) is 18.4 Å². The summed E-state index contributed by atoms with van der Waals surface area (Å²) in [6.45, 7) is 0.990. The van der Waals surface area contributed by atoms with Crippen molar-refractivity contribution < 1.29 is 9.59 Å². The lowest BCUT2D eigenvalue weighted by Crippen LogP contribution is -2.52. The lowest BCUT2D eigenvalue weighted by atomic mass is 9.78. The molecule has 0 spiro atoms. The molecule has 4 nitrogen and oxygen atoms in total. The first-order chi connectivity index (χ1) is 11.2. The average Bonchev–Trinajstić information content (AvgIpc) is 2.60. The molecule has 1 aliphatic carbocycles. The summed E-state index contributed by atoms with van der Waals surface area (Å²) in [5.41, 5.74) is 0.975. The van der Waals surface area contributed by atoms with Crippen LogP contribution in [0.25, 0.3) is 0 Å². The maximum atomic E-state index is 12.5. The summed E-state index contributed by atoms with van der Waals surface area (Å²) < 4.78 is 0. The number of piperidine rings is 1. The highest BCUT2D eigenvalue weighted by Crippen LogP contribution is 2.35. The molecule has 0 radical (unpaired) electrons. The molecule has 2 amide bonds. The van der Waals surface area contributed by atoms with Gasteiger partial charge in [0.05, 0.1) is 13.0 Å². The lowest BCUT2D eigenvalue weighted by Gasteiger charge is -2.44. The van der Waals surface area contributed by atoms with Crippen LogP contribution < -0.4 is 5.32 Å². The second-order valence-corrected chi connectivity index (χ2v) is 6.78. The van der Waals surface area contributed by atoms with Crippen molar-refractivity contribution >= 4 is 11.8 Å². The molecule has 2 fully saturated rings. The van der Waals surface area contributed by atoms with E-state index in [0.717, 1.165) is 24.9 Å². The highest BCUT2D eigenvalue weighted by molar-refractivity contribution is 5.86. The summed E-state index contributed by atoms with van der Waals surface area (Å²) in [5, 5.41) is 2.79. The van der Waals surface area contributed by atoms with Crippen molar-refractivity contribution in [2.24, 2.45) is 5.92 Å². The molecular weight excluding hydrogens is 288 g/mol. The number of nitrogens with one attached hydrogen (secondary N) is 1. The maximum Gasteiger partial charge on any atom is 0.242 e. The van der Waals surface area contributed by atoms with E-state index in [4.69, 9.17) is 0 Å². The second-order valence-electron chi connectivity index (χ2n) is 6.78. The van der Waals surface area contributed by atoms with E-state index in [9.17, 15) is 9.59 Å². The van der Waals surface area contributed by atoms with E-state index in [1.54, 1.807) is 0 Å². The van der Waals surface area contributed by atoms with Crippen molar-refractivity contribution in [2.45, 2.75) is 51.0 Å². The first-order valence-electron chi connectivity index (χ1n) is 8.84. The molecule has 1 aromatic rings. The molecule has 23 heavy (non-hydrogen) atoms. The number of rotatable bonds is 4. The van der Waals surface area contributed by atoms with Crippen LogP contribution in [0, 0.1) is 5.92 Å². The number of amides is 2. The number of fused-ring (bicyclic) bond motifs is 1. The smallest absolute Gasteiger partial charge is 0.242 e. The van der Waals surface area contributed by atoms with Gasteiger partial charge in [-0.1, -0.05) is 43.2 Å². The molecule has 1 saturated carbocycles. The Hall–Kier alpha value is -1.84. The zero-order valence-electron chi connectivity index (χ0n) is 13.7. The predicted molar refractivity (Wildman–Crippen MR) is 89.8 cm³/mol. The van der Waals surface area contributed by atoms with Gasteiger partial charge in [0.15, 0.2) is 0 Å². The molecule has 124 valence electrons. The van der Waals surface area contributed by atoms with Gasteiger partial charge in [-0.25, -0.2) is 0 Å². The van der Waals surface area contributed by atoms with Crippen LogP contribution in [0.1, 0.15) is 44.1 Å². The fourth-order valence-corrected chi connectivity index (χ4v) is 4.05. The van der Waals surface area contributed by atoms with Crippen LogP contribution in [0.15, 0.2) is 30.3 Å². The van der Waals surface area contributed by atoms with Gasteiger partial charge in [-0.3, -0.25) is 9.59 Å². The van der Waals surface area contributed by atoms with E-state index in [1.807, 2.05) is 35.2 Å². The van der Waals surface area contributed by atoms with Gasteiger partial charge in [0.1, 0.15) is 0 Å². The third-order valence-electron chi connectivity index (χ3n) is 5.21. The minimum atomic E-state index is -0.0817. The quantitative estimate of drug-likeness (QED) is 0.928. The molecule has 1 heterocycles. The Kier molecular flexibility index (Phi) is 5.31. The molecule has 4 heteroatoms. The Morgan fingerprint density at radius 3 is 2.61 bits per heavy atom. The van der Waals surface area contributed by atoms with Crippen molar-refractivity contribution in [1.82, 2.24) is 10.2 Å². The normalized spacial score (nSPS) is 23.9. The lowest BCUT2D eigenvalue weighted by molar-refractivity contribution is -0.138. The van der Waals surface area contributed by atoms with Crippen LogP contribution in [0.4, 0.5) is 0 Å². The number of hydrogen-bond donors (Lipinski definition) is 1. The highest BCUT2D eigenvalue weighted by Gasteiger charge is 2.35. The molecule has 1 saturated heterocycles. The van der Waals surface area contributed by atoms with Crippen molar-refractivity contribution in [3.63, 3.8) is 0 Å². The third-order valence-corrected chi connectivity index (χ3v) is 5.21. The zero-order valence-corrected chi connectivity index (χ0v) is 13.7. The molecule has 0 bridgehead atoms. The molecule has 1 aromatic carbocycles. The minimum Gasteiger partial charge on any atom is -0.347 e. The van der Waals surface area contributed by atoms with E-state index in [2.05, 4.69) is 5.32 Å². The summed E-state index contributed by atoms with van der Waals surface area (Å²) in [6, 6.07) is 10.0. The largest absolute Gasteiger partial charge is 0.347 e. The number of benzene rings is 1. The number of likely N-dealkylation sites (tertiary alicyclic amines) is 1. The number of nitrogens with zero attached hydrogens (tertiary/aromatic N) is 1. The first-order valence-corrected chi connectivity index (χ1v) is 8.84. The van der Waals surface area contributed by atoms with Crippen molar-refractivity contribution in [3.8, 4) is 0 Å². The van der Waals surface area contributed by atoms with Gasteiger partial charge in [-0.2, -0.15) is 0 Å². The van der Waals surface area contributed by atoms with Crippen LogP contribution in [0.5, 0.6) is 0 Å². The molecule has 2 unspecified atom stereocenters. The van der Waals surface area contributed by atoms with E-state index in [1.165, 1.54) is 25.7 Å². The van der Waals surface area contributed by atoms with Gasteiger partial charge in [0.2, 0.25) is 11.8 Å². The van der Waals surface area contributed by atoms with Crippen molar-refractivity contribution in [2.75, 3.05) is 13.1 Å². The number of carbonyl (C=O) groups excluding carboxylic acids is 2. The van der Waals surface area contributed by atoms with Crippen LogP contribution in [0.2, 0.25) is 0 Å². The zero-order chi connectivity index (χ0) is 16.1. The second kappa shape index (κ2) is 7.62. The van der Waals surface area contributed by atoms with Gasteiger partial charge in [0, 0.05) is 12.6 Å². The Balaban J connectivity index is 1.49. The monoisotopic (exact) mass is 314 g/mol. The summed E-state index contributed by atoms with van der Waals surface area (Å²) in [4.78, 5) is 26.6. The Labute approximate surface area is 138 Å². The summed E-state index contributed by atoms with van der Waals surface area (Å²) in [5.74, 6) is 0.686. The summed E-state index contributed by atoms with van der Waals surface area (Å²) in [7, 11) is 0. The van der Waals surface area contributed by atoms with E-state index in [-0.39, 0.29) is 18.4 Å². The van der Waals surface area contributed by atoms with Crippen LogP contribution >= 0.6 is 0 Å². The Bertz CT molecular complexity index is 542. The number of hydrogen-bond acceptors (Lipinski definition) is 2. The molecular formula is C19H26N2O2. The molecule has 1 aliphatic heterocycles. The highest BCUT2D eigenvalue weighted by atomic mass is 16.2. The third kappa shape index (κ3) is 4.12. The molecule has 1 N–H and O–H groups in total. The van der Waals surface area contributed by atoms with Gasteiger partial charge in [-0.15, -0.1) is 0 Å². The Morgan fingerprint density at radius 1 is 1.04 bits per heavy atom. The topological polar surface area (TPSA) is 49.4 Å². The molecule has 2 aliphatic rings. The SMILES string of the molecule is O=C(Cc1ccccc1)NCC(=O)N1CCCC2CCCCC21. The summed E-state index contributed by atoms with van der Waals surface area (Å²) in [6.07, 6.45) is 7.62. The standard InChI is InChI=1S/C19H26N2O2/c22-18(13-15-7-2-1-3-8-15)20-14-19(23)21-12-6-10-16-9-4-5-11-17(16)21/h1-3,7-8,16-17H,4-6,9-14H2,(H,20,22). The van der Waals surface area contributed by atoms with E-state index < -0.39 is 0 Å². The minimum absolute atomic E-state index is 0.0817. The molecule has 3 rings (SSSR count). The van der Waals surface area contributed by atoms with Crippen LogP contribution in [-0.4, -0.2) is 35.8 Å². The van der Waals surface area contributed by atoms with Gasteiger partial charge >= 0.3 is 0 Å². The van der Waals surface area contributed by atoms with E-state index >= 15 is 0 Å². The Morgan fingerprint density at radius 2 is 1.78 bits per heavy atom. The van der Waals surface area contributed by atoms with Gasteiger partial charge < -0.3 is 10.2 Å². The molecule has 2 atom stereocenters. The fraction of sp³-hybridized carbons (Fsp3) is 0.579. The van der Waals surface area contributed by atoms with Crippen LogP contribution in [-0.2, 0) is 16.0 Å². The van der Waals surface area contributed by atoms with Gasteiger partial charge in [0.25, 0.3) is 0 Å². The summed E-state index contributed by atoms with van der Waals surface area (Å²) >= 11 is 0. The average molecular weight is 314 g/mol. The fourth-order valence-electron chi connectivity index (χ4n) is 4.05. The predicted octanol–water partition coefficient (Wildman–Crippen LogP) is 2.53. The first kappa shape index (κ1) is 16.0. The van der Waals surface area contributed by atoms with Crippen molar-refractivity contribution in [3.05, 3.63) is 35.9 Å². The maximum absolute atomic E-state index is 12.5. The molecule has 0 aromatic heterocycles. The van der Waals surface area contributed by atoms with Crippen molar-refractivity contribution in [1.29, 1.82) is 0 Å². The van der Waals surface area contributed by atoms with Gasteiger partial charge in [-0.05, 0) is 37.2 Å². The number of carbonyl (C=O) groups is 2.